The Morgan fingerprint density at radius 3 is 2.63 bits per heavy atom. The molecule has 2 aliphatic rings. The van der Waals surface area contributed by atoms with E-state index in [0.29, 0.717) is 0 Å². The molecule has 0 amide bonds. The van der Waals surface area contributed by atoms with Gasteiger partial charge in [0.1, 0.15) is 5.75 Å². The van der Waals surface area contributed by atoms with Crippen LogP contribution in [0.25, 0.3) is 0 Å². The molecule has 1 saturated heterocycles. The van der Waals surface area contributed by atoms with Gasteiger partial charge in [-0.15, -0.1) is 0 Å². The molecule has 3 rings (SSSR count). The standard InChI is InChI=1S/C14H16N2O3/c1-8-7-11(17)19-14-12(8)13(15-16-14)9-3-5-10(18-2)6-4-9/h3-7,12-16H,1-2H3. The summed E-state index contributed by atoms with van der Waals surface area (Å²) in [4.78, 5) is 11.4. The van der Waals surface area contributed by atoms with E-state index in [4.69, 9.17) is 9.47 Å². The summed E-state index contributed by atoms with van der Waals surface area (Å²) in [5.41, 5.74) is 8.38. The molecule has 3 unspecified atom stereocenters. The van der Waals surface area contributed by atoms with Crippen LogP contribution < -0.4 is 15.6 Å². The number of fused-ring (bicyclic) bond motifs is 1. The SMILES string of the molecule is COc1ccc(C2NNC3OC(=O)C=C(C)C32)cc1. The lowest BCUT2D eigenvalue weighted by Crippen LogP contribution is -2.38. The van der Waals surface area contributed by atoms with Crippen molar-refractivity contribution < 1.29 is 14.3 Å². The zero-order valence-corrected chi connectivity index (χ0v) is 10.8. The molecule has 1 fully saturated rings. The van der Waals surface area contributed by atoms with E-state index in [0.717, 1.165) is 16.9 Å². The van der Waals surface area contributed by atoms with Gasteiger partial charge in [0.2, 0.25) is 0 Å². The van der Waals surface area contributed by atoms with Crippen molar-refractivity contribution in [2.24, 2.45) is 5.92 Å². The van der Waals surface area contributed by atoms with Gasteiger partial charge < -0.3 is 9.47 Å². The number of ether oxygens (including phenoxy) is 2. The Labute approximate surface area is 111 Å². The second kappa shape index (κ2) is 4.68. The summed E-state index contributed by atoms with van der Waals surface area (Å²) in [6, 6.07) is 7.98. The summed E-state index contributed by atoms with van der Waals surface area (Å²) in [6.07, 6.45) is 1.26. The van der Waals surface area contributed by atoms with E-state index in [9.17, 15) is 4.79 Å². The van der Waals surface area contributed by atoms with Gasteiger partial charge in [-0.3, -0.25) is 0 Å². The van der Waals surface area contributed by atoms with E-state index in [1.807, 2.05) is 31.2 Å². The number of hydrogen-bond acceptors (Lipinski definition) is 5. The maximum Gasteiger partial charge on any atom is 0.332 e. The molecule has 19 heavy (non-hydrogen) atoms. The second-order valence-electron chi connectivity index (χ2n) is 4.81. The molecule has 0 spiro atoms. The lowest BCUT2D eigenvalue weighted by atomic mass is 9.86. The van der Waals surface area contributed by atoms with Gasteiger partial charge in [-0.25, -0.2) is 15.6 Å². The topological polar surface area (TPSA) is 59.6 Å². The van der Waals surface area contributed by atoms with E-state index in [1.165, 1.54) is 0 Å². The molecule has 2 heterocycles. The minimum Gasteiger partial charge on any atom is -0.497 e. The van der Waals surface area contributed by atoms with Crippen molar-refractivity contribution in [3.05, 3.63) is 41.5 Å². The number of methoxy groups -OCH3 is 1. The fourth-order valence-corrected chi connectivity index (χ4v) is 2.67. The maximum atomic E-state index is 11.4. The van der Waals surface area contributed by atoms with Crippen LogP contribution in [-0.2, 0) is 9.53 Å². The van der Waals surface area contributed by atoms with E-state index in [-0.39, 0.29) is 24.2 Å². The third kappa shape index (κ3) is 2.11. The summed E-state index contributed by atoms with van der Waals surface area (Å²) in [5, 5.41) is 0. The minimum absolute atomic E-state index is 0.0836. The summed E-state index contributed by atoms with van der Waals surface area (Å²) in [6.45, 7) is 1.96. The van der Waals surface area contributed by atoms with Crippen LogP contribution in [-0.4, -0.2) is 19.3 Å². The fraction of sp³-hybridized carbons (Fsp3) is 0.357. The number of carbonyl (C=O) groups is 1. The van der Waals surface area contributed by atoms with Crippen molar-refractivity contribution in [1.82, 2.24) is 10.9 Å². The first-order valence-electron chi connectivity index (χ1n) is 6.23. The molecular formula is C14H16N2O3. The highest BCUT2D eigenvalue weighted by atomic mass is 16.6. The van der Waals surface area contributed by atoms with Crippen LogP contribution in [0, 0.1) is 5.92 Å². The van der Waals surface area contributed by atoms with Gasteiger partial charge in [-0.05, 0) is 24.6 Å². The van der Waals surface area contributed by atoms with Gasteiger partial charge in [-0.1, -0.05) is 17.7 Å². The molecule has 2 aliphatic heterocycles. The van der Waals surface area contributed by atoms with Gasteiger partial charge in [0.15, 0.2) is 6.23 Å². The van der Waals surface area contributed by atoms with Crippen LogP contribution in [0.4, 0.5) is 0 Å². The van der Waals surface area contributed by atoms with Crippen molar-refractivity contribution in [3.8, 4) is 5.75 Å². The van der Waals surface area contributed by atoms with Crippen molar-refractivity contribution in [1.29, 1.82) is 0 Å². The van der Waals surface area contributed by atoms with Gasteiger partial charge in [-0.2, -0.15) is 0 Å². The molecule has 0 radical (unpaired) electrons. The normalized spacial score (nSPS) is 29.5. The maximum absolute atomic E-state index is 11.4. The van der Waals surface area contributed by atoms with E-state index < -0.39 is 0 Å². The van der Waals surface area contributed by atoms with Crippen LogP contribution in [0.5, 0.6) is 5.75 Å². The first-order valence-corrected chi connectivity index (χ1v) is 6.23. The van der Waals surface area contributed by atoms with Gasteiger partial charge in [0, 0.05) is 6.08 Å². The Morgan fingerprint density at radius 1 is 1.21 bits per heavy atom. The third-order valence-electron chi connectivity index (χ3n) is 3.66. The Kier molecular flexibility index (Phi) is 3.00. The average molecular weight is 260 g/mol. The quantitative estimate of drug-likeness (QED) is 0.785. The predicted molar refractivity (Wildman–Crippen MR) is 69.1 cm³/mol. The smallest absolute Gasteiger partial charge is 0.332 e. The highest BCUT2D eigenvalue weighted by Gasteiger charge is 2.42. The van der Waals surface area contributed by atoms with Gasteiger partial charge in [0.25, 0.3) is 0 Å². The van der Waals surface area contributed by atoms with Crippen molar-refractivity contribution in [2.45, 2.75) is 19.2 Å². The Bertz CT molecular complexity index is 524. The molecule has 0 aromatic heterocycles. The number of benzene rings is 1. The molecule has 5 heteroatoms. The van der Waals surface area contributed by atoms with E-state index in [1.54, 1.807) is 13.2 Å². The highest BCUT2D eigenvalue weighted by Crippen LogP contribution is 2.37. The number of hydrazine groups is 1. The van der Waals surface area contributed by atoms with Crippen molar-refractivity contribution >= 4 is 5.97 Å². The number of nitrogens with one attached hydrogen (secondary N) is 2. The predicted octanol–water partition coefficient (Wildman–Crippen LogP) is 1.29. The Balaban J connectivity index is 1.89. The van der Waals surface area contributed by atoms with Crippen LogP contribution >= 0.6 is 0 Å². The molecule has 5 nitrogen and oxygen atoms in total. The molecule has 100 valence electrons. The second-order valence-corrected chi connectivity index (χ2v) is 4.81. The van der Waals surface area contributed by atoms with E-state index in [2.05, 4.69) is 10.9 Å². The number of hydrogen-bond donors (Lipinski definition) is 2. The zero-order valence-electron chi connectivity index (χ0n) is 10.8. The summed E-state index contributed by atoms with van der Waals surface area (Å²) in [7, 11) is 1.65. The number of esters is 1. The first-order chi connectivity index (χ1) is 9.19. The molecule has 0 bridgehead atoms. The first kappa shape index (κ1) is 12.2. The number of rotatable bonds is 2. The summed E-state index contributed by atoms with van der Waals surface area (Å²) in [5.74, 6) is 0.656. The lowest BCUT2D eigenvalue weighted by molar-refractivity contribution is -0.147. The molecule has 2 N–H and O–H groups in total. The fourth-order valence-electron chi connectivity index (χ4n) is 2.67. The average Bonchev–Trinajstić information content (AvgIpc) is 2.83. The molecule has 1 aromatic carbocycles. The van der Waals surface area contributed by atoms with E-state index >= 15 is 0 Å². The monoisotopic (exact) mass is 260 g/mol. The lowest BCUT2D eigenvalue weighted by Gasteiger charge is -2.27. The van der Waals surface area contributed by atoms with Crippen LogP contribution in [0.3, 0.4) is 0 Å². The van der Waals surface area contributed by atoms with Crippen LogP contribution in [0.15, 0.2) is 35.9 Å². The Morgan fingerprint density at radius 2 is 1.95 bits per heavy atom. The summed E-state index contributed by atoms with van der Waals surface area (Å²) >= 11 is 0. The summed E-state index contributed by atoms with van der Waals surface area (Å²) < 4.78 is 10.4. The third-order valence-corrected chi connectivity index (χ3v) is 3.66. The van der Waals surface area contributed by atoms with Crippen molar-refractivity contribution in [3.63, 3.8) is 0 Å². The molecule has 3 atom stereocenters. The highest BCUT2D eigenvalue weighted by molar-refractivity contribution is 5.84. The minimum atomic E-state index is -0.301. The molecule has 0 saturated carbocycles. The molecule has 1 aromatic rings. The number of carbonyl (C=O) groups excluding carboxylic acids is 1. The van der Waals surface area contributed by atoms with Crippen molar-refractivity contribution in [2.75, 3.05) is 7.11 Å². The largest absolute Gasteiger partial charge is 0.497 e. The zero-order chi connectivity index (χ0) is 13.4. The Hall–Kier alpha value is -1.85. The van der Waals surface area contributed by atoms with Crippen LogP contribution in [0.1, 0.15) is 18.5 Å². The molecule has 0 aliphatic carbocycles. The van der Waals surface area contributed by atoms with Gasteiger partial charge >= 0.3 is 5.97 Å². The van der Waals surface area contributed by atoms with Crippen LogP contribution in [0.2, 0.25) is 0 Å². The molecular weight excluding hydrogens is 244 g/mol. The van der Waals surface area contributed by atoms with Gasteiger partial charge in [0.05, 0.1) is 19.1 Å².